The zero-order valence-corrected chi connectivity index (χ0v) is 11.1. The predicted octanol–water partition coefficient (Wildman–Crippen LogP) is 3.21. The van der Waals surface area contributed by atoms with Crippen LogP contribution in [0.1, 0.15) is 37.2 Å². The molecule has 2 saturated carbocycles. The van der Waals surface area contributed by atoms with Crippen molar-refractivity contribution >= 4 is 17.4 Å². The number of hydrogen-bond donors (Lipinski definition) is 0. The fourth-order valence-electron chi connectivity index (χ4n) is 3.60. The van der Waals surface area contributed by atoms with Crippen molar-refractivity contribution in [1.82, 2.24) is 0 Å². The fraction of sp³-hybridized carbons (Fsp3) is 0.500. The molecule has 0 aliphatic heterocycles. The van der Waals surface area contributed by atoms with Crippen LogP contribution >= 0.6 is 11.6 Å². The van der Waals surface area contributed by atoms with Crippen molar-refractivity contribution < 1.29 is 9.72 Å². The van der Waals surface area contributed by atoms with Crippen LogP contribution in [0.25, 0.3) is 0 Å². The van der Waals surface area contributed by atoms with Crippen molar-refractivity contribution in [2.24, 2.45) is 5.41 Å². The van der Waals surface area contributed by atoms with Gasteiger partial charge in [0.25, 0.3) is 0 Å². The second-order valence-corrected chi connectivity index (χ2v) is 5.87. The summed E-state index contributed by atoms with van der Waals surface area (Å²) >= 11 is 5.84. The van der Waals surface area contributed by atoms with Crippen LogP contribution in [0.15, 0.2) is 24.3 Å². The average Bonchev–Trinajstić information content (AvgIpc) is 3.04. The number of Topliss-reactive ketones (excluding diaryl/α,β-unsaturated/α-hetero) is 1. The largest absolute Gasteiger partial charge is 0.299 e. The van der Waals surface area contributed by atoms with E-state index in [-0.39, 0.29) is 16.6 Å². The van der Waals surface area contributed by atoms with Gasteiger partial charge in [-0.05, 0) is 30.5 Å². The Morgan fingerprint density at radius 1 is 1.26 bits per heavy atom. The van der Waals surface area contributed by atoms with Crippen LogP contribution in [0.3, 0.4) is 0 Å². The number of nitrogens with zero attached hydrogens (tertiary/aromatic N) is 1. The Kier molecular flexibility index (Phi) is 2.86. The van der Waals surface area contributed by atoms with E-state index in [0.29, 0.717) is 17.9 Å². The van der Waals surface area contributed by atoms with Crippen molar-refractivity contribution in [3.05, 3.63) is 45.0 Å². The minimum atomic E-state index is -0.749. The van der Waals surface area contributed by atoms with E-state index in [1.165, 1.54) is 0 Å². The molecule has 5 heteroatoms. The molecule has 100 valence electrons. The molecule has 3 atom stereocenters. The number of benzene rings is 1. The van der Waals surface area contributed by atoms with Crippen molar-refractivity contribution in [3.8, 4) is 0 Å². The van der Waals surface area contributed by atoms with E-state index in [9.17, 15) is 14.9 Å². The standard InChI is InChI=1S/C14H14ClNO3/c15-10-6-4-9(5-7-10)12-13(16(18)19)14(12)8-2-1-3-11(14)17/h4-7,12-13H,1-3,8H2/t12-,13-,14-/m1/s1. The molecule has 1 aromatic rings. The van der Waals surface area contributed by atoms with E-state index >= 15 is 0 Å². The predicted molar refractivity (Wildman–Crippen MR) is 70.9 cm³/mol. The summed E-state index contributed by atoms with van der Waals surface area (Å²) in [4.78, 5) is 23.2. The van der Waals surface area contributed by atoms with Crippen LogP contribution in [-0.4, -0.2) is 16.7 Å². The van der Waals surface area contributed by atoms with Crippen molar-refractivity contribution in [1.29, 1.82) is 0 Å². The quantitative estimate of drug-likeness (QED) is 0.617. The molecule has 0 N–H and O–H groups in total. The number of ketones is 1. The van der Waals surface area contributed by atoms with Gasteiger partial charge in [-0.25, -0.2) is 0 Å². The fourth-order valence-corrected chi connectivity index (χ4v) is 3.72. The number of nitro groups is 1. The highest BCUT2D eigenvalue weighted by Crippen LogP contribution is 2.65. The van der Waals surface area contributed by atoms with Gasteiger partial charge in [-0.3, -0.25) is 14.9 Å². The topological polar surface area (TPSA) is 60.2 Å². The van der Waals surface area contributed by atoms with Gasteiger partial charge in [-0.1, -0.05) is 30.2 Å². The van der Waals surface area contributed by atoms with E-state index in [1.54, 1.807) is 24.3 Å². The maximum atomic E-state index is 12.2. The minimum Gasteiger partial charge on any atom is -0.299 e. The SMILES string of the molecule is O=C1CCCC[C@]12[C@H](c1ccc(Cl)cc1)[C@H]2[N+](=O)[O-]. The molecule has 1 aromatic carbocycles. The lowest BCUT2D eigenvalue weighted by molar-refractivity contribution is -0.502. The Morgan fingerprint density at radius 3 is 2.53 bits per heavy atom. The minimum absolute atomic E-state index is 0.0698. The summed E-state index contributed by atoms with van der Waals surface area (Å²) in [5.41, 5.74) is 0.122. The van der Waals surface area contributed by atoms with Gasteiger partial charge in [0.2, 0.25) is 6.04 Å². The number of halogens is 1. The highest BCUT2D eigenvalue weighted by molar-refractivity contribution is 6.30. The number of rotatable bonds is 2. The third kappa shape index (κ3) is 1.77. The van der Waals surface area contributed by atoms with E-state index in [2.05, 4.69) is 0 Å². The van der Waals surface area contributed by atoms with E-state index in [0.717, 1.165) is 18.4 Å². The monoisotopic (exact) mass is 279 g/mol. The van der Waals surface area contributed by atoms with E-state index in [1.807, 2.05) is 0 Å². The van der Waals surface area contributed by atoms with E-state index < -0.39 is 11.5 Å². The lowest BCUT2D eigenvalue weighted by atomic mass is 9.81. The van der Waals surface area contributed by atoms with E-state index in [4.69, 9.17) is 11.6 Å². The van der Waals surface area contributed by atoms with Crippen LogP contribution in [0.2, 0.25) is 5.02 Å². The number of carbonyl (C=O) groups is 1. The van der Waals surface area contributed by atoms with Crippen LogP contribution in [0.4, 0.5) is 0 Å². The second-order valence-electron chi connectivity index (χ2n) is 5.43. The molecule has 0 amide bonds. The van der Waals surface area contributed by atoms with Crippen molar-refractivity contribution in [2.45, 2.75) is 37.6 Å². The molecule has 2 aliphatic rings. The van der Waals surface area contributed by atoms with Gasteiger partial charge in [0.05, 0.1) is 5.92 Å². The summed E-state index contributed by atoms with van der Waals surface area (Å²) in [6.07, 6.45) is 2.89. The van der Waals surface area contributed by atoms with Crippen LogP contribution in [-0.2, 0) is 4.79 Å². The molecule has 0 bridgehead atoms. The second kappa shape index (κ2) is 4.30. The highest BCUT2D eigenvalue weighted by atomic mass is 35.5. The lowest BCUT2D eigenvalue weighted by Gasteiger charge is -2.19. The molecule has 0 radical (unpaired) electrons. The summed E-state index contributed by atoms with van der Waals surface area (Å²) in [5, 5.41) is 11.9. The van der Waals surface area contributed by atoms with Gasteiger partial charge >= 0.3 is 0 Å². The molecular formula is C14H14ClNO3. The molecule has 2 aliphatic carbocycles. The van der Waals surface area contributed by atoms with Gasteiger partial charge in [0.1, 0.15) is 11.2 Å². The summed E-state index contributed by atoms with van der Waals surface area (Å²) in [5.74, 6) is -0.201. The normalized spacial score (nSPS) is 33.4. The number of hydrogen-bond acceptors (Lipinski definition) is 3. The first kappa shape index (κ1) is 12.6. The van der Waals surface area contributed by atoms with Gasteiger partial charge in [-0.2, -0.15) is 0 Å². The Bertz CT molecular complexity index is 542. The third-order valence-corrected chi connectivity index (χ3v) is 4.76. The summed E-state index contributed by atoms with van der Waals surface area (Å²) in [6.45, 7) is 0. The first-order valence-electron chi connectivity index (χ1n) is 6.49. The van der Waals surface area contributed by atoms with Crippen LogP contribution in [0.5, 0.6) is 0 Å². The summed E-state index contributed by atoms with van der Waals surface area (Å²) in [7, 11) is 0. The lowest BCUT2D eigenvalue weighted by Crippen LogP contribution is -2.27. The van der Waals surface area contributed by atoms with Gasteiger partial charge in [-0.15, -0.1) is 0 Å². The summed E-state index contributed by atoms with van der Waals surface area (Å²) < 4.78 is 0. The zero-order chi connectivity index (χ0) is 13.6. The Labute approximate surface area is 115 Å². The Balaban J connectivity index is 1.98. The van der Waals surface area contributed by atoms with Crippen LogP contribution < -0.4 is 0 Å². The molecule has 19 heavy (non-hydrogen) atoms. The first-order chi connectivity index (χ1) is 9.07. The maximum Gasteiger partial charge on any atom is 0.234 e. The molecule has 0 unspecified atom stereocenters. The number of carbonyl (C=O) groups excluding carboxylic acids is 1. The highest BCUT2D eigenvalue weighted by Gasteiger charge is 2.77. The molecule has 0 aromatic heterocycles. The molecule has 1 spiro atoms. The molecule has 0 saturated heterocycles. The third-order valence-electron chi connectivity index (χ3n) is 4.51. The van der Waals surface area contributed by atoms with Gasteiger partial charge < -0.3 is 0 Å². The van der Waals surface area contributed by atoms with Gasteiger partial charge in [0.15, 0.2) is 0 Å². The Hall–Kier alpha value is -1.42. The summed E-state index contributed by atoms with van der Waals surface area (Å²) in [6, 6.07) is 6.32. The zero-order valence-electron chi connectivity index (χ0n) is 10.3. The molecular weight excluding hydrogens is 266 g/mol. The average molecular weight is 280 g/mol. The van der Waals surface area contributed by atoms with Crippen molar-refractivity contribution in [2.75, 3.05) is 0 Å². The smallest absolute Gasteiger partial charge is 0.234 e. The van der Waals surface area contributed by atoms with Crippen molar-refractivity contribution in [3.63, 3.8) is 0 Å². The van der Waals surface area contributed by atoms with Crippen LogP contribution in [0, 0.1) is 15.5 Å². The molecule has 4 nitrogen and oxygen atoms in total. The first-order valence-corrected chi connectivity index (χ1v) is 6.87. The molecule has 2 fully saturated rings. The molecule has 3 rings (SSSR count). The van der Waals surface area contributed by atoms with Gasteiger partial charge in [0, 0.05) is 16.4 Å². The Morgan fingerprint density at radius 2 is 1.95 bits per heavy atom. The maximum absolute atomic E-state index is 12.2. The molecule has 0 heterocycles.